The van der Waals surface area contributed by atoms with Crippen LogP contribution in [0.4, 0.5) is 0 Å². The fourth-order valence-corrected chi connectivity index (χ4v) is 3.97. The van der Waals surface area contributed by atoms with Crippen LogP contribution in [0.1, 0.15) is 40.1 Å². The van der Waals surface area contributed by atoms with Gasteiger partial charge in [0, 0.05) is 51.5 Å². The van der Waals surface area contributed by atoms with E-state index in [2.05, 4.69) is 45.3 Å². The number of nitrogens with zero attached hydrogens (tertiary/aromatic N) is 3. The van der Waals surface area contributed by atoms with E-state index < -0.39 is 0 Å². The second-order valence-corrected chi connectivity index (χ2v) is 8.59. The number of ether oxygens (including phenoxy) is 1. The number of nitrogens with one attached hydrogen (secondary N) is 1. The first-order valence-corrected chi connectivity index (χ1v) is 11.5. The smallest absolute Gasteiger partial charge is 0.253 e. The summed E-state index contributed by atoms with van der Waals surface area (Å²) in [6.45, 7) is 7.71. The van der Waals surface area contributed by atoms with Crippen molar-refractivity contribution in [1.29, 1.82) is 0 Å². The summed E-state index contributed by atoms with van der Waals surface area (Å²) in [6, 6.07) is 21.8. The summed E-state index contributed by atoms with van der Waals surface area (Å²) >= 11 is 0. The maximum Gasteiger partial charge on any atom is 0.253 e. The van der Waals surface area contributed by atoms with Gasteiger partial charge in [-0.05, 0) is 36.7 Å². The molecule has 172 valence electrons. The van der Waals surface area contributed by atoms with Gasteiger partial charge in [-0.1, -0.05) is 54.6 Å². The highest BCUT2D eigenvalue weighted by Crippen LogP contribution is 2.20. The van der Waals surface area contributed by atoms with Gasteiger partial charge in [0.2, 0.25) is 5.88 Å². The Morgan fingerprint density at radius 1 is 0.970 bits per heavy atom. The van der Waals surface area contributed by atoms with Gasteiger partial charge in [-0.3, -0.25) is 9.69 Å². The molecule has 0 aliphatic carbocycles. The molecule has 6 heteroatoms. The Hall–Kier alpha value is -3.22. The number of hydrogen-bond donors (Lipinski definition) is 1. The van der Waals surface area contributed by atoms with Gasteiger partial charge in [-0.25, -0.2) is 4.98 Å². The average molecular weight is 445 g/mol. The summed E-state index contributed by atoms with van der Waals surface area (Å²) in [5.41, 5.74) is 4.01. The van der Waals surface area contributed by atoms with E-state index in [9.17, 15) is 4.79 Å². The van der Waals surface area contributed by atoms with Crippen LogP contribution in [-0.4, -0.2) is 53.9 Å². The van der Waals surface area contributed by atoms with E-state index in [0.717, 1.165) is 43.9 Å². The first kappa shape index (κ1) is 23.0. The Bertz CT molecular complexity index is 1030. The van der Waals surface area contributed by atoms with Crippen LogP contribution in [0.25, 0.3) is 0 Å². The summed E-state index contributed by atoms with van der Waals surface area (Å²) in [7, 11) is 2.16. The van der Waals surface area contributed by atoms with Crippen LogP contribution in [0.2, 0.25) is 0 Å². The Labute approximate surface area is 196 Å². The van der Waals surface area contributed by atoms with Gasteiger partial charge in [-0.15, -0.1) is 0 Å². The Kier molecular flexibility index (Phi) is 7.70. The van der Waals surface area contributed by atoms with Crippen molar-refractivity contribution in [3.8, 4) is 5.88 Å². The predicted octanol–water partition coefficient (Wildman–Crippen LogP) is 3.90. The molecule has 1 aliphatic heterocycles. The molecule has 6 nitrogen and oxygen atoms in total. The molecule has 0 unspecified atom stereocenters. The van der Waals surface area contributed by atoms with Crippen LogP contribution in [0.3, 0.4) is 0 Å². The largest absolute Gasteiger partial charge is 0.470 e. The van der Waals surface area contributed by atoms with Gasteiger partial charge in [0.1, 0.15) is 6.10 Å². The molecular formula is C27H32N4O2. The van der Waals surface area contributed by atoms with Crippen molar-refractivity contribution in [2.75, 3.05) is 33.2 Å². The van der Waals surface area contributed by atoms with Crippen molar-refractivity contribution in [2.45, 2.75) is 26.1 Å². The molecule has 1 fully saturated rings. The van der Waals surface area contributed by atoms with Gasteiger partial charge in [0.15, 0.2) is 0 Å². The number of pyridine rings is 1. The minimum absolute atomic E-state index is 0.116. The van der Waals surface area contributed by atoms with E-state index >= 15 is 0 Å². The number of aromatic nitrogens is 1. The van der Waals surface area contributed by atoms with E-state index in [-0.39, 0.29) is 12.0 Å². The molecule has 0 radical (unpaired) electrons. The van der Waals surface area contributed by atoms with Gasteiger partial charge in [-0.2, -0.15) is 0 Å². The molecule has 1 atom stereocenters. The number of piperazine rings is 1. The lowest BCUT2D eigenvalue weighted by Gasteiger charge is -2.32. The summed E-state index contributed by atoms with van der Waals surface area (Å²) < 4.78 is 5.91. The van der Waals surface area contributed by atoms with Gasteiger partial charge in [0.05, 0.1) is 5.56 Å². The topological polar surface area (TPSA) is 57.7 Å². The first-order valence-electron chi connectivity index (χ1n) is 11.5. The molecule has 1 N–H and O–H groups in total. The molecule has 1 aromatic heterocycles. The second-order valence-electron chi connectivity index (χ2n) is 8.59. The van der Waals surface area contributed by atoms with E-state index in [1.54, 1.807) is 18.3 Å². The summed E-state index contributed by atoms with van der Waals surface area (Å²) in [5, 5.41) is 3.04. The zero-order chi connectivity index (χ0) is 23.0. The number of carbonyl (C=O) groups excluding carboxylic acids is 1. The lowest BCUT2D eigenvalue weighted by Crippen LogP contribution is -2.44. The van der Waals surface area contributed by atoms with Crippen LogP contribution < -0.4 is 10.1 Å². The van der Waals surface area contributed by atoms with Gasteiger partial charge >= 0.3 is 0 Å². The molecular weight excluding hydrogens is 412 g/mol. The number of carbonyl (C=O) groups is 1. The number of amides is 1. The molecule has 4 rings (SSSR count). The van der Waals surface area contributed by atoms with Crippen molar-refractivity contribution in [2.24, 2.45) is 0 Å². The Morgan fingerprint density at radius 3 is 2.36 bits per heavy atom. The van der Waals surface area contributed by atoms with E-state index in [0.29, 0.717) is 18.0 Å². The van der Waals surface area contributed by atoms with Crippen molar-refractivity contribution in [3.05, 3.63) is 95.2 Å². The number of benzene rings is 2. The van der Waals surface area contributed by atoms with Gasteiger partial charge < -0.3 is 15.0 Å². The zero-order valence-corrected chi connectivity index (χ0v) is 19.4. The summed E-state index contributed by atoms with van der Waals surface area (Å²) in [4.78, 5) is 21.9. The molecule has 1 aliphatic rings. The van der Waals surface area contributed by atoms with Crippen LogP contribution in [0.15, 0.2) is 72.9 Å². The number of hydrogen-bond acceptors (Lipinski definition) is 5. The first-order chi connectivity index (χ1) is 16.1. The third-order valence-electron chi connectivity index (χ3n) is 6.11. The molecule has 2 aromatic carbocycles. The third kappa shape index (κ3) is 6.40. The summed E-state index contributed by atoms with van der Waals surface area (Å²) in [5.74, 6) is 0.361. The minimum Gasteiger partial charge on any atom is -0.470 e. The third-order valence-corrected chi connectivity index (χ3v) is 6.11. The Morgan fingerprint density at radius 2 is 1.67 bits per heavy atom. The maximum absolute atomic E-state index is 12.7. The molecule has 33 heavy (non-hydrogen) atoms. The fraction of sp³-hybridized carbons (Fsp3) is 0.333. The summed E-state index contributed by atoms with van der Waals surface area (Å²) in [6.07, 6.45) is 1.45. The van der Waals surface area contributed by atoms with Crippen LogP contribution in [0, 0.1) is 0 Å². The van der Waals surface area contributed by atoms with Crippen LogP contribution >= 0.6 is 0 Å². The van der Waals surface area contributed by atoms with E-state index in [1.165, 1.54) is 5.56 Å². The van der Waals surface area contributed by atoms with E-state index in [4.69, 9.17) is 4.74 Å². The lowest BCUT2D eigenvalue weighted by atomic mass is 10.1. The number of rotatable bonds is 8. The highest BCUT2D eigenvalue weighted by Gasteiger charge is 2.16. The molecule has 0 spiro atoms. The lowest BCUT2D eigenvalue weighted by molar-refractivity contribution is 0.0950. The van der Waals surface area contributed by atoms with Gasteiger partial charge in [0.25, 0.3) is 5.91 Å². The van der Waals surface area contributed by atoms with Crippen molar-refractivity contribution in [1.82, 2.24) is 20.1 Å². The highest BCUT2D eigenvalue weighted by molar-refractivity contribution is 5.93. The standard InChI is InChI=1S/C27H32N4O2/c1-21(22-8-4-3-5-9-22)33-26-13-12-24(19-28-26)27(32)29-18-23-10-6-7-11-25(23)20-31-16-14-30(2)15-17-31/h3-13,19,21H,14-18,20H2,1-2H3,(H,29,32)/t21-/m0/s1. The molecule has 3 aromatic rings. The minimum atomic E-state index is -0.139. The van der Waals surface area contributed by atoms with Crippen LogP contribution in [-0.2, 0) is 13.1 Å². The molecule has 0 saturated carbocycles. The average Bonchev–Trinajstić information content (AvgIpc) is 2.85. The van der Waals surface area contributed by atoms with Crippen LogP contribution in [0.5, 0.6) is 5.88 Å². The normalized spacial score (nSPS) is 15.7. The quantitative estimate of drug-likeness (QED) is 0.571. The SMILES string of the molecule is C[C@H](Oc1ccc(C(=O)NCc2ccccc2CN2CCN(C)CC2)cn1)c1ccccc1. The van der Waals surface area contributed by atoms with Crippen molar-refractivity contribution in [3.63, 3.8) is 0 Å². The predicted molar refractivity (Wildman–Crippen MR) is 130 cm³/mol. The number of likely N-dealkylation sites (N-methyl/N-ethyl adjacent to an activating group) is 1. The van der Waals surface area contributed by atoms with E-state index in [1.807, 2.05) is 43.3 Å². The Balaban J connectivity index is 1.32. The fourth-order valence-electron chi connectivity index (χ4n) is 3.97. The second kappa shape index (κ2) is 11.1. The molecule has 1 saturated heterocycles. The zero-order valence-electron chi connectivity index (χ0n) is 19.4. The highest BCUT2D eigenvalue weighted by atomic mass is 16.5. The molecule has 0 bridgehead atoms. The van der Waals surface area contributed by atoms with Crippen molar-refractivity contribution < 1.29 is 9.53 Å². The monoisotopic (exact) mass is 444 g/mol. The molecule has 1 amide bonds. The molecule has 2 heterocycles. The maximum atomic E-state index is 12.7. The van der Waals surface area contributed by atoms with Crippen molar-refractivity contribution >= 4 is 5.91 Å².